The Morgan fingerprint density at radius 1 is 1.54 bits per heavy atom. The summed E-state index contributed by atoms with van der Waals surface area (Å²) in [7, 11) is 1.56. The number of hydrogen-bond donors (Lipinski definition) is 2. The fourth-order valence-corrected chi connectivity index (χ4v) is 1.10. The zero-order valence-electron chi connectivity index (χ0n) is 7.32. The predicted octanol–water partition coefficient (Wildman–Crippen LogP) is 0.723. The summed E-state index contributed by atoms with van der Waals surface area (Å²) in [5, 5.41) is 8.75. The van der Waals surface area contributed by atoms with Gasteiger partial charge in [-0.05, 0) is 6.07 Å². The molecule has 1 unspecified atom stereocenters. The molecular formula is C9H11N3O. The van der Waals surface area contributed by atoms with Gasteiger partial charge in [-0.1, -0.05) is 18.2 Å². The quantitative estimate of drug-likeness (QED) is 0.527. The molecule has 0 fully saturated rings. The topological polar surface area (TPSA) is 71.1 Å². The van der Waals surface area contributed by atoms with Crippen LogP contribution in [0.15, 0.2) is 24.3 Å². The standard InChI is InChI=1S/C9H11N3O/c1-13-9-5-3-2-4-7(9)8(6-10)12-11/h2-5,8,12H,11H2,1H3. The molecule has 1 aromatic rings. The molecule has 0 amide bonds. The van der Waals surface area contributed by atoms with Crippen LogP contribution in [0.2, 0.25) is 0 Å². The summed E-state index contributed by atoms with van der Waals surface area (Å²) in [5.74, 6) is 5.87. The maximum absolute atomic E-state index is 8.75. The maximum atomic E-state index is 8.75. The molecule has 0 saturated carbocycles. The number of nitrogens with zero attached hydrogens (tertiary/aromatic N) is 1. The molecule has 1 aromatic carbocycles. The van der Waals surface area contributed by atoms with Gasteiger partial charge in [0.25, 0.3) is 0 Å². The number of para-hydroxylation sites is 1. The summed E-state index contributed by atoms with van der Waals surface area (Å²) in [5.41, 5.74) is 3.15. The fourth-order valence-electron chi connectivity index (χ4n) is 1.10. The number of nitriles is 1. The molecule has 0 aliphatic rings. The van der Waals surface area contributed by atoms with Gasteiger partial charge in [-0.2, -0.15) is 5.26 Å². The number of nitrogens with two attached hydrogens (primary N) is 1. The van der Waals surface area contributed by atoms with Crippen molar-refractivity contribution in [2.24, 2.45) is 5.84 Å². The van der Waals surface area contributed by atoms with Gasteiger partial charge in [-0.3, -0.25) is 5.84 Å². The average Bonchev–Trinajstić information content (AvgIpc) is 2.20. The Bertz CT molecular complexity index is 319. The van der Waals surface area contributed by atoms with Gasteiger partial charge in [0.2, 0.25) is 0 Å². The van der Waals surface area contributed by atoms with E-state index in [1.54, 1.807) is 19.2 Å². The van der Waals surface area contributed by atoms with Crippen molar-refractivity contribution in [2.75, 3.05) is 7.11 Å². The lowest BCUT2D eigenvalue weighted by Gasteiger charge is -2.11. The lowest BCUT2D eigenvalue weighted by atomic mass is 10.1. The van der Waals surface area contributed by atoms with Gasteiger partial charge in [-0.15, -0.1) is 0 Å². The van der Waals surface area contributed by atoms with E-state index < -0.39 is 6.04 Å². The lowest BCUT2D eigenvalue weighted by Crippen LogP contribution is -2.27. The minimum absolute atomic E-state index is 0.531. The van der Waals surface area contributed by atoms with Gasteiger partial charge in [0.1, 0.15) is 11.8 Å². The highest BCUT2D eigenvalue weighted by atomic mass is 16.5. The number of nitrogens with one attached hydrogen (secondary N) is 1. The minimum Gasteiger partial charge on any atom is -0.496 e. The van der Waals surface area contributed by atoms with Crippen molar-refractivity contribution in [3.05, 3.63) is 29.8 Å². The SMILES string of the molecule is COc1ccccc1C(C#N)NN. The summed E-state index contributed by atoms with van der Waals surface area (Å²) in [6, 6.07) is 8.76. The van der Waals surface area contributed by atoms with E-state index in [0.717, 1.165) is 5.56 Å². The molecule has 3 N–H and O–H groups in total. The first-order valence-electron chi connectivity index (χ1n) is 3.82. The number of hydrazine groups is 1. The van der Waals surface area contributed by atoms with Crippen molar-refractivity contribution in [1.29, 1.82) is 5.26 Å². The molecule has 13 heavy (non-hydrogen) atoms. The Labute approximate surface area is 76.9 Å². The molecule has 0 saturated heterocycles. The van der Waals surface area contributed by atoms with Crippen LogP contribution in [0.5, 0.6) is 5.75 Å². The third-order valence-corrected chi connectivity index (χ3v) is 1.75. The van der Waals surface area contributed by atoms with Gasteiger partial charge in [0.05, 0.1) is 13.2 Å². The van der Waals surface area contributed by atoms with Crippen LogP contribution in [0, 0.1) is 11.3 Å². The minimum atomic E-state index is -0.531. The number of ether oxygens (including phenoxy) is 1. The van der Waals surface area contributed by atoms with E-state index in [1.165, 1.54) is 0 Å². The van der Waals surface area contributed by atoms with E-state index in [-0.39, 0.29) is 0 Å². The van der Waals surface area contributed by atoms with E-state index in [0.29, 0.717) is 5.75 Å². The van der Waals surface area contributed by atoms with Crippen LogP contribution in [0.4, 0.5) is 0 Å². The van der Waals surface area contributed by atoms with Crippen molar-refractivity contribution in [3.8, 4) is 11.8 Å². The molecule has 68 valence electrons. The van der Waals surface area contributed by atoms with Crippen molar-refractivity contribution in [2.45, 2.75) is 6.04 Å². The van der Waals surface area contributed by atoms with Gasteiger partial charge < -0.3 is 4.74 Å². The molecule has 4 heteroatoms. The van der Waals surface area contributed by atoms with E-state index in [9.17, 15) is 0 Å². The second kappa shape index (κ2) is 4.45. The predicted molar refractivity (Wildman–Crippen MR) is 48.7 cm³/mol. The molecule has 0 spiro atoms. The Morgan fingerprint density at radius 2 is 2.23 bits per heavy atom. The van der Waals surface area contributed by atoms with Crippen molar-refractivity contribution >= 4 is 0 Å². The molecule has 0 aromatic heterocycles. The first-order valence-corrected chi connectivity index (χ1v) is 3.82. The maximum Gasteiger partial charge on any atom is 0.136 e. The van der Waals surface area contributed by atoms with Crippen LogP contribution >= 0.6 is 0 Å². The molecule has 4 nitrogen and oxygen atoms in total. The van der Waals surface area contributed by atoms with Crippen molar-refractivity contribution in [3.63, 3.8) is 0 Å². The van der Waals surface area contributed by atoms with E-state index in [4.69, 9.17) is 15.8 Å². The van der Waals surface area contributed by atoms with E-state index in [2.05, 4.69) is 5.43 Å². The normalized spacial score (nSPS) is 11.8. The Kier molecular flexibility index (Phi) is 3.26. The zero-order valence-corrected chi connectivity index (χ0v) is 7.32. The van der Waals surface area contributed by atoms with Gasteiger partial charge in [0, 0.05) is 5.56 Å². The molecule has 0 aliphatic carbocycles. The van der Waals surface area contributed by atoms with E-state index >= 15 is 0 Å². The summed E-state index contributed by atoms with van der Waals surface area (Å²) < 4.78 is 5.08. The molecular weight excluding hydrogens is 166 g/mol. The van der Waals surface area contributed by atoms with Gasteiger partial charge in [-0.25, -0.2) is 5.43 Å². The summed E-state index contributed by atoms with van der Waals surface area (Å²) >= 11 is 0. The molecule has 1 rings (SSSR count). The monoisotopic (exact) mass is 177 g/mol. The second-order valence-corrected chi connectivity index (χ2v) is 2.47. The van der Waals surface area contributed by atoms with Gasteiger partial charge >= 0.3 is 0 Å². The van der Waals surface area contributed by atoms with Crippen molar-refractivity contribution < 1.29 is 4.74 Å². The lowest BCUT2D eigenvalue weighted by molar-refractivity contribution is 0.405. The zero-order chi connectivity index (χ0) is 9.68. The average molecular weight is 177 g/mol. The Balaban J connectivity index is 3.05. The highest BCUT2D eigenvalue weighted by Crippen LogP contribution is 2.23. The molecule has 0 radical (unpaired) electrons. The highest BCUT2D eigenvalue weighted by molar-refractivity contribution is 5.38. The van der Waals surface area contributed by atoms with Crippen LogP contribution in [0.1, 0.15) is 11.6 Å². The summed E-state index contributed by atoms with van der Waals surface area (Å²) in [4.78, 5) is 0. The number of hydrogen-bond acceptors (Lipinski definition) is 4. The summed E-state index contributed by atoms with van der Waals surface area (Å²) in [6.07, 6.45) is 0. The largest absolute Gasteiger partial charge is 0.496 e. The third-order valence-electron chi connectivity index (χ3n) is 1.75. The first-order chi connectivity index (χ1) is 6.33. The fraction of sp³-hybridized carbons (Fsp3) is 0.222. The van der Waals surface area contributed by atoms with Crippen LogP contribution < -0.4 is 16.0 Å². The van der Waals surface area contributed by atoms with Crippen molar-refractivity contribution in [1.82, 2.24) is 5.43 Å². The molecule has 0 bridgehead atoms. The molecule has 1 atom stereocenters. The van der Waals surface area contributed by atoms with E-state index in [1.807, 2.05) is 18.2 Å². The number of methoxy groups -OCH3 is 1. The molecule has 0 aliphatic heterocycles. The smallest absolute Gasteiger partial charge is 0.136 e. The summed E-state index contributed by atoms with van der Waals surface area (Å²) in [6.45, 7) is 0. The second-order valence-electron chi connectivity index (χ2n) is 2.47. The first kappa shape index (κ1) is 9.52. The Morgan fingerprint density at radius 3 is 2.77 bits per heavy atom. The van der Waals surface area contributed by atoms with Crippen LogP contribution in [-0.2, 0) is 0 Å². The van der Waals surface area contributed by atoms with Crippen LogP contribution in [0.25, 0.3) is 0 Å². The Hall–Kier alpha value is -1.57. The van der Waals surface area contributed by atoms with Gasteiger partial charge in [0.15, 0.2) is 0 Å². The number of rotatable bonds is 3. The third kappa shape index (κ3) is 1.96. The van der Waals surface area contributed by atoms with Crippen LogP contribution in [-0.4, -0.2) is 7.11 Å². The van der Waals surface area contributed by atoms with Crippen LogP contribution in [0.3, 0.4) is 0 Å². The number of benzene rings is 1. The highest BCUT2D eigenvalue weighted by Gasteiger charge is 2.12. The molecule has 0 heterocycles.